The summed E-state index contributed by atoms with van der Waals surface area (Å²) < 4.78 is 0. The van der Waals surface area contributed by atoms with E-state index in [1.807, 2.05) is 63.2 Å². The number of carbonyl (C=O) groups excluding carboxylic acids is 2. The smallest absolute Gasteiger partial charge is 0.251 e. The number of amides is 2. The van der Waals surface area contributed by atoms with E-state index in [0.717, 1.165) is 16.8 Å². The van der Waals surface area contributed by atoms with Crippen molar-refractivity contribution in [1.82, 2.24) is 5.32 Å². The van der Waals surface area contributed by atoms with Gasteiger partial charge in [-0.2, -0.15) is 0 Å². The number of rotatable bonds is 6. The first-order chi connectivity index (χ1) is 11.5. The lowest BCUT2D eigenvalue weighted by Crippen LogP contribution is -2.35. The van der Waals surface area contributed by atoms with Crippen molar-refractivity contribution in [2.24, 2.45) is 0 Å². The van der Waals surface area contributed by atoms with Crippen molar-refractivity contribution in [1.29, 1.82) is 0 Å². The fraction of sp³-hybridized carbons (Fsp3) is 0.300. The normalized spacial score (nSPS) is 10.3. The van der Waals surface area contributed by atoms with Gasteiger partial charge in [-0.25, -0.2) is 0 Å². The summed E-state index contributed by atoms with van der Waals surface area (Å²) in [6.07, 6.45) is 0.278. The van der Waals surface area contributed by atoms with Crippen LogP contribution in [-0.2, 0) is 4.79 Å². The Morgan fingerprint density at radius 1 is 0.958 bits per heavy atom. The zero-order chi connectivity index (χ0) is 17.5. The van der Waals surface area contributed by atoms with Crippen LogP contribution < -0.4 is 10.2 Å². The molecule has 0 unspecified atom stereocenters. The molecule has 0 fully saturated rings. The number of benzene rings is 2. The zero-order valence-corrected chi connectivity index (χ0v) is 14.5. The molecule has 1 N–H and O–H groups in total. The maximum Gasteiger partial charge on any atom is 0.251 e. The Morgan fingerprint density at radius 3 is 2.21 bits per heavy atom. The largest absolute Gasteiger partial charge is 0.352 e. The minimum absolute atomic E-state index is 0.0110. The van der Waals surface area contributed by atoms with Crippen LogP contribution in [0.15, 0.2) is 48.5 Å². The monoisotopic (exact) mass is 324 g/mol. The molecule has 2 amide bonds. The molecule has 2 rings (SSSR count). The number of para-hydroxylation sites is 1. The molecule has 0 saturated heterocycles. The second-order valence-electron chi connectivity index (χ2n) is 5.75. The van der Waals surface area contributed by atoms with Crippen LogP contribution in [0, 0.1) is 13.8 Å². The summed E-state index contributed by atoms with van der Waals surface area (Å²) in [4.78, 5) is 26.4. The Labute approximate surface area is 143 Å². The molecule has 0 aliphatic rings. The van der Waals surface area contributed by atoms with Crippen molar-refractivity contribution < 1.29 is 9.59 Å². The van der Waals surface area contributed by atoms with E-state index in [-0.39, 0.29) is 18.2 Å². The van der Waals surface area contributed by atoms with E-state index in [1.54, 1.807) is 11.0 Å². The standard InChI is InChI=1S/C20H24N2O2/c1-4-22(18-12-8-6-10-16(18)3)19(23)13-14-21-20(24)17-11-7-5-9-15(17)2/h5-12H,4,13-14H2,1-3H3,(H,21,24). The third-order valence-electron chi connectivity index (χ3n) is 4.04. The molecule has 0 saturated carbocycles. The van der Waals surface area contributed by atoms with Gasteiger partial charge in [-0.3, -0.25) is 9.59 Å². The molecule has 4 heteroatoms. The van der Waals surface area contributed by atoms with E-state index in [9.17, 15) is 9.59 Å². The predicted molar refractivity (Wildman–Crippen MR) is 97.3 cm³/mol. The van der Waals surface area contributed by atoms with Crippen molar-refractivity contribution in [2.75, 3.05) is 18.0 Å². The number of anilines is 1. The number of carbonyl (C=O) groups is 2. The maximum atomic E-state index is 12.5. The molecular formula is C20H24N2O2. The van der Waals surface area contributed by atoms with Gasteiger partial charge in [-0.15, -0.1) is 0 Å². The average molecular weight is 324 g/mol. The summed E-state index contributed by atoms with van der Waals surface area (Å²) in [5.41, 5.74) is 3.57. The molecule has 126 valence electrons. The van der Waals surface area contributed by atoms with Gasteiger partial charge in [0.1, 0.15) is 0 Å². The van der Waals surface area contributed by atoms with Crippen molar-refractivity contribution in [2.45, 2.75) is 27.2 Å². The predicted octanol–water partition coefficient (Wildman–Crippen LogP) is 3.48. The van der Waals surface area contributed by atoms with Crippen LogP contribution in [0.1, 0.15) is 34.8 Å². The van der Waals surface area contributed by atoms with E-state index in [0.29, 0.717) is 18.7 Å². The Hall–Kier alpha value is -2.62. The van der Waals surface area contributed by atoms with Crippen LogP contribution >= 0.6 is 0 Å². The summed E-state index contributed by atoms with van der Waals surface area (Å²) in [5.74, 6) is -0.128. The third kappa shape index (κ3) is 4.22. The Bertz CT molecular complexity index is 725. The minimum Gasteiger partial charge on any atom is -0.352 e. The number of nitrogens with zero attached hydrogens (tertiary/aromatic N) is 1. The Kier molecular flexibility index (Phi) is 6.13. The van der Waals surface area contributed by atoms with Crippen LogP contribution in [0.2, 0.25) is 0 Å². The first kappa shape index (κ1) is 17.7. The highest BCUT2D eigenvalue weighted by molar-refractivity contribution is 5.97. The fourth-order valence-electron chi connectivity index (χ4n) is 2.69. The SMILES string of the molecule is CCN(C(=O)CCNC(=O)c1ccccc1C)c1ccccc1C. The van der Waals surface area contributed by atoms with Crippen molar-refractivity contribution in [3.8, 4) is 0 Å². The van der Waals surface area contributed by atoms with Gasteiger partial charge in [-0.1, -0.05) is 36.4 Å². The summed E-state index contributed by atoms with van der Waals surface area (Å²) in [5, 5.41) is 2.83. The second-order valence-corrected chi connectivity index (χ2v) is 5.75. The van der Waals surface area contributed by atoms with Crippen LogP contribution in [0.25, 0.3) is 0 Å². The lowest BCUT2D eigenvalue weighted by molar-refractivity contribution is -0.118. The van der Waals surface area contributed by atoms with Crippen molar-refractivity contribution in [3.05, 3.63) is 65.2 Å². The quantitative estimate of drug-likeness (QED) is 0.884. The van der Waals surface area contributed by atoms with Gasteiger partial charge >= 0.3 is 0 Å². The summed E-state index contributed by atoms with van der Waals surface area (Å²) in [6.45, 7) is 6.78. The molecule has 0 spiro atoms. The summed E-state index contributed by atoms with van der Waals surface area (Å²) in [6, 6.07) is 15.3. The lowest BCUT2D eigenvalue weighted by Gasteiger charge is -2.23. The molecule has 0 aliphatic heterocycles. The maximum absolute atomic E-state index is 12.5. The van der Waals surface area contributed by atoms with Gasteiger partial charge < -0.3 is 10.2 Å². The van der Waals surface area contributed by atoms with Gasteiger partial charge in [0.25, 0.3) is 5.91 Å². The zero-order valence-electron chi connectivity index (χ0n) is 14.5. The number of hydrogen-bond donors (Lipinski definition) is 1. The molecule has 4 nitrogen and oxygen atoms in total. The topological polar surface area (TPSA) is 49.4 Å². The second kappa shape index (κ2) is 8.29. The third-order valence-corrected chi connectivity index (χ3v) is 4.04. The van der Waals surface area contributed by atoms with E-state index in [1.165, 1.54) is 0 Å². The minimum atomic E-state index is -0.139. The van der Waals surface area contributed by atoms with E-state index in [4.69, 9.17) is 0 Å². The summed E-state index contributed by atoms with van der Waals surface area (Å²) >= 11 is 0. The highest BCUT2D eigenvalue weighted by atomic mass is 16.2. The number of nitrogens with one attached hydrogen (secondary N) is 1. The molecule has 0 aliphatic carbocycles. The van der Waals surface area contributed by atoms with Gasteiger partial charge in [-0.05, 0) is 44.0 Å². The van der Waals surface area contributed by atoms with Crippen LogP contribution in [0.5, 0.6) is 0 Å². The van der Waals surface area contributed by atoms with Gasteiger partial charge in [0.05, 0.1) is 0 Å². The fourth-order valence-corrected chi connectivity index (χ4v) is 2.69. The molecule has 0 bridgehead atoms. The Morgan fingerprint density at radius 2 is 1.58 bits per heavy atom. The molecule has 2 aromatic carbocycles. The van der Waals surface area contributed by atoms with E-state index in [2.05, 4.69) is 5.32 Å². The molecule has 0 radical (unpaired) electrons. The van der Waals surface area contributed by atoms with Crippen LogP contribution in [-0.4, -0.2) is 24.9 Å². The average Bonchev–Trinajstić information content (AvgIpc) is 2.57. The first-order valence-electron chi connectivity index (χ1n) is 8.24. The Balaban J connectivity index is 1.94. The molecule has 0 atom stereocenters. The lowest BCUT2D eigenvalue weighted by atomic mass is 10.1. The van der Waals surface area contributed by atoms with Crippen LogP contribution in [0.4, 0.5) is 5.69 Å². The highest BCUT2D eigenvalue weighted by Gasteiger charge is 2.16. The van der Waals surface area contributed by atoms with Crippen molar-refractivity contribution >= 4 is 17.5 Å². The van der Waals surface area contributed by atoms with Crippen LogP contribution in [0.3, 0.4) is 0 Å². The van der Waals surface area contributed by atoms with E-state index < -0.39 is 0 Å². The molecule has 2 aromatic rings. The van der Waals surface area contributed by atoms with Gasteiger partial charge in [0.2, 0.25) is 5.91 Å². The van der Waals surface area contributed by atoms with Crippen molar-refractivity contribution in [3.63, 3.8) is 0 Å². The molecular weight excluding hydrogens is 300 g/mol. The highest BCUT2D eigenvalue weighted by Crippen LogP contribution is 2.19. The van der Waals surface area contributed by atoms with Gasteiger partial charge in [0.15, 0.2) is 0 Å². The summed E-state index contributed by atoms with van der Waals surface area (Å²) in [7, 11) is 0. The van der Waals surface area contributed by atoms with E-state index >= 15 is 0 Å². The molecule has 24 heavy (non-hydrogen) atoms. The first-order valence-corrected chi connectivity index (χ1v) is 8.24. The molecule has 0 aromatic heterocycles. The number of aryl methyl sites for hydroxylation is 2. The number of hydrogen-bond acceptors (Lipinski definition) is 2. The van der Waals surface area contributed by atoms with Gasteiger partial charge in [0, 0.05) is 30.8 Å². The molecule has 0 heterocycles.